The van der Waals surface area contributed by atoms with Gasteiger partial charge in [-0.2, -0.15) is 13.2 Å². The van der Waals surface area contributed by atoms with E-state index in [4.69, 9.17) is 11.6 Å². The molecular weight excluding hydrogens is 352 g/mol. The fourth-order valence-corrected chi connectivity index (χ4v) is 2.74. The molecule has 0 amide bonds. The summed E-state index contributed by atoms with van der Waals surface area (Å²) in [7, 11) is 0. The van der Waals surface area contributed by atoms with Gasteiger partial charge in [-0.1, -0.05) is 23.7 Å². The van der Waals surface area contributed by atoms with E-state index in [1.807, 2.05) is 0 Å². The van der Waals surface area contributed by atoms with E-state index in [1.165, 1.54) is 0 Å². The normalized spacial score (nSPS) is 18.0. The number of nitrogens with one attached hydrogen (secondary N) is 1. The number of benzene rings is 1. The molecule has 0 aliphatic carbocycles. The van der Waals surface area contributed by atoms with Crippen molar-refractivity contribution in [3.8, 4) is 0 Å². The second kappa shape index (κ2) is 7.07. The van der Waals surface area contributed by atoms with Crippen LogP contribution < -0.4 is 5.32 Å². The molecule has 1 saturated heterocycles. The van der Waals surface area contributed by atoms with E-state index in [1.54, 1.807) is 24.3 Å². The molecule has 1 fully saturated rings. The lowest BCUT2D eigenvalue weighted by Crippen LogP contribution is -2.22. The monoisotopic (exact) mass is 366 g/mol. The van der Waals surface area contributed by atoms with Crippen molar-refractivity contribution < 1.29 is 13.2 Å². The maximum absolute atomic E-state index is 13.2. The summed E-state index contributed by atoms with van der Waals surface area (Å²) >= 11 is 5.81. The number of hydrogen-bond donors (Lipinski definition) is 1. The quantitative estimate of drug-likeness (QED) is 0.896. The highest BCUT2D eigenvalue weighted by atomic mass is 35.5. The highest BCUT2D eigenvalue weighted by Crippen LogP contribution is 2.31. The van der Waals surface area contributed by atoms with Crippen molar-refractivity contribution in [2.75, 3.05) is 6.54 Å². The minimum atomic E-state index is -4.53. The maximum atomic E-state index is 13.2. The van der Waals surface area contributed by atoms with Crippen LogP contribution in [0.5, 0.6) is 0 Å². The lowest BCUT2D eigenvalue weighted by Gasteiger charge is -2.15. The van der Waals surface area contributed by atoms with Crippen molar-refractivity contribution in [2.45, 2.75) is 31.6 Å². The molecular formula is C14H15Cl2F3N4. The van der Waals surface area contributed by atoms with Crippen molar-refractivity contribution in [3.05, 3.63) is 46.5 Å². The molecule has 0 spiro atoms. The van der Waals surface area contributed by atoms with E-state index in [9.17, 15) is 13.2 Å². The van der Waals surface area contributed by atoms with Crippen LogP contribution in [-0.2, 0) is 12.7 Å². The van der Waals surface area contributed by atoms with Crippen LogP contribution in [-0.4, -0.2) is 21.3 Å². The average Bonchev–Trinajstić information content (AvgIpc) is 3.09. The predicted molar refractivity (Wildman–Crippen MR) is 82.8 cm³/mol. The first-order chi connectivity index (χ1) is 10.4. The van der Waals surface area contributed by atoms with Gasteiger partial charge in [0.1, 0.15) is 0 Å². The molecule has 3 rings (SSSR count). The van der Waals surface area contributed by atoms with Crippen LogP contribution in [0.2, 0.25) is 5.02 Å². The van der Waals surface area contributed by atoms with E-state index >= 15 is 0 Å². The molecule has 0 unspecified atom stereocenters. The van der Waals surface area contributed by atoms with Crippen LogP contribution in [0.25, 0.3) is 0 Å². The molecule has 126 valence electrons. The molecule has 1 N–H and O–H groups in total. The van der Waals surface area contributed by atoms with Gasteiger partial charge in [0.25, 0.3) is 0 Å². The highest BCUT2D eigenvalue weighted by molar-refractivity contribution is 6.30. The SMILES string of the molecule is Cl.FC(F)(F)c1nnc([C@H]2CCCN2)n1Cc1ccc(Cl)cc1. The van der Waals surface area contributed by atoms with E-state index < -0.39 is 12.0 Å². The summed E-state index contributed by atoms with van der Waals surface area (Å²) in [5, 5.41) is 10.9. The van der Waals surface area contributed by atoms with Crippen molar-refractivity contribution >= 4 is 24.0 Å². The summed E-state index contributed by atoms with van der Waals surface area (Å²) in [6.45, 7) is 0.840. The van der Waals surface area contributed by atoms with Gasteiger partial charge in [-0.15, -0.1) is 22.6 Å². The lowest BCUT2D eigenvalue weighted by atomic mass is 10.2. The third kappa shape index (κ3) is 3.97. The number of hydrogen-bond acceptors (Lipinski definition) is 3. The molecule has 2 aromatic rings. The summed E-state index contributed by atoms with van der Waals surface area (Å²) in [6, 6.07) is 6.53. The number of aromatic nitrogens is 3. The number of nitrogens with zero attached hydrogens (tertiary/aromatic N) is 3. The molecule has 9 heteroatoms. The van der Waals surface area contributed by atoms with Crippen molar-refractivity contribution in [3.63, 3.8) is 0 Å². The summed E-state index contributed by atoms with van der Waals surface area (Å²) in [5.41, 5.74) is 0.717. The molecule has 1 aliphatic heterocycles. The molecule has 1 aromatic heterocycles. The van der Waals surface area contributed by atoms with Crippen LogP contribution in [0.1, 0.15) is 36.1 Å². The predicted octanol–water partition coefficient (Wildman–Crippen LogP) is 3.84. The Hall–Kier alpha value is -1.31. The molecule has 1 aliphatic rings. The first-order valence-corrected chi connectivity index (χ1v) is 7.31. The number of rotatable bonds is 3. The zero-order valence-corrected chi connectivity index (χ0v) is 13.5. The molecule has 0 radical (unpaired) electrons. The zero-order valence-electron chi connectivity index (χ0n) is 12.0. The average molecular weight is 367 g/mol. The van der Waals surface area contributed by atoms with Gasteiger partial charge in [-0.3, -0.25) is 0 Å². The Kier molecular flexibility index (Phi) is 5.54. The van der Waals surface area contributed by atoms with E-state index in [0.717, 1.165) is 24.0 Å². The first-order valence-electron chi connectivity index (χ1n) is 6.93. The van der Waals surface area contributed by atoms with Crippen molar-refractivity contribution in [1.82, 2.24) is 20.1 Å². The van der Waals surface area contributed by atoms with Crippen LogP contribution in [0.3, 0.4) is 0 Å². The minimum absolute atomic E-state index is 0. The zero-order chi connectivity index (χ0) is 15.7. The van der Waals surface area contributed by atoms with Gasteiger partial charge < -0.3 is 9.88 Å². The van der Waals surface area contributed by atoms with Crippen LogP contribution >= 0.6 is 24.0 Å². The van der Waals surface area contributed by atoms with Crippen LogP contribution in [0.4, 0.5) is 13.2 Å². The summed E-state index contributed by atoms with van der Waals surface area (Å²) in [5.74, 6) is -0.633. The number of halogens is 5. The van der Waals surface area contributed by atoms with Gasteiger partial charge in [0, 0.05) is 5.02 Å². The van der Waals surface area contributed by atoms with Gasteiger partial charge in [-0.25, -0.2) is 0 Å². The third-order valence-electron chi connectivity index (χ3n) is 3.66. The number of alkyl halides is 3. The molecule has 4 nitrogen and oxygen atoms in total. The third-order valence-corrected chi connectivity index (χ3v) is 3.91. The Labute approximate surface area is 142 Å². The van der Waals surface area contributed by atoms with Crippen LogP contribution in [0.15, 0.2) is 24.3 Å². The van der Waals surface area contributed by atoms with Gasteiger partial charge in [0.2, 0.25) is 5.82 Å². The topological polar surface area (TPSA) is 42.7 Å². The van der Waals surface area contributed by atoms with Gasteiger partial charge in [0.05, 0.1) is 12.6 Å². The fraction of sp³-hybridized carbons (Fsp3) is 0.429. The molecule has 2 heterocycles. The van der Waals surface area contributed by atoms with E-state index in [0.29, 0.717) is 16.4 Å². The summed E-state index contributed by atoms with van der Waals surface area (Å²) in [4.78, 5) is 0. The Morgan fingerprint density at radius 3 is 2.48 bits per heavy atom. The largest absolute Gasteiger partial charge is 0.451 e. The summed E-state index contributed by atoms with van der Waals surface area (Å²) in [6.07, 6.45) is -2.85. The van der Waals surface area contributed by atoms with E-state index in [2.05, 4.69) is 15.5 Å². The minimum Gasteiger partial charge on any atom is -0.307 e. The second-order valence-corrected chi connectivity index (χ2v) is 5.68. The molecule has 1 aromatic carbocycles. The first kappa shape index (κ1) is 18.0. The Balaban J connectivity index is 0.00000192. The maximum Gasteiger partial charge on any atom is 0.451 e. The van der Waals surface area contributed by atoms with Crippen LogP contribution in [0, 0.1) is 0 Å². The second-order valence-electron chi connectivity index (χ2n) is 5.24. The van der Waals surface area contributed by atoms with Gasteiger partial charge >= 0.3 is 6.18 Å². The van der Waals surface area contributed by atoms with Gasteiger partial charge in [-0.05, 0) is 37.1 Å². The highest BCUT2D eigenvalue weighted by Gasteiger charge is 2.39. The Bertz CT molecular complexity index is 649. The molecule has 23 heavy (non-hydrogen) atoms. The smallest absolute Gasteiger partial charge is 0.307 e. The van der Waals surface area contributed by atoms with Crippen molar-refractivity contribution in [1.29, 1.82) is 0 Å². The summed E-state index contributed by atoms with van der Waals surface area (Å²) < 4.78 is 40.6. The molecule has 0 saturated carbocycles. The lowest BCUT2D eigenvalue weighted by molar-refractivity contribution is -0.147. The molecule has 0 bridgehead atoms. The molecule has 1 atom stereocenters. The van der Waals surface area contributed by atoms with Gasteiger partial charge in [0.15, 0.2) is 5.82 Å². The van der Waals surface area contributed by atoms with E-state index in [-0.39, 0.29) is 25.0 Å². The Morgan fingerprint density at radius 1 is 1.22 bits per heavy atom. The fourth-order valence-electron chi connectivity index (χ4n) is 2.62. The standard InChI is InChI=1S/C14H14ClF3N4.ClH/c15-10-5-3-9(4-6-10)8-22-12(11-2-1-7-19-11)20-21-13(22)14(16,17)18;/h3-6,11,19H,1-2,7-8H2;1H/t11-;/m1./s1. The Morgan fingerprint density at radius 2 is 1.91 bits per heavy atom. The van der Waals surface area contributed by atoms with Crippen molar-refractivity contribution in [2.24, 2.45) is 0 Å².